The van der Waals surface area contributed by atoms with Crippen molar-refractivity contribution in [1.29, 1.82) is 0 Å². The van der Waals surface area contributed by atoms with Gasteiger partial charge >= 0.3 is 12.2 Å². The maximum Gasteiger partial charge on any atom is 0.513 e. The number of anilines is 1. The van der Waals surface area contributed by atoms with Crippen LogP contribution in [-0.4, -0.2) is 18.8 Å². The molecule has 0 aliphatic rings. The van der Waals surface area contributed by atoms with Gasteiger partial charge in [-0.3, -0.25) is 0 Å². The molecule has 0 aromatic heterocycles. The van der Waals surface area contributed by atoms with Crippen molar-refractivity contribution in [2.24, 2.45) is 5.73 Å². The first-order valence-corrected chi connectivity index (χ1v) is 5.04. The number of nitrogens with two attached hydrogens (primary N) is 1. The second-order valence-corrected chi connectivity index (χ2v) is 3.27. The van der Waals surface area contributed by atoms with Gasteiger partial charge in [-0.1, -0.05) is 6.07 Å². The Morgan fingerprint density at radius 3 is 2.71 bits per heavy atom. The molecule has 0 aliphatic carbocycles. The second kappa shape index (κ2) is 5.74. The van der Waals surface area contributed by atoms with E-state index in [2.05, 4.69) is 10.1 Å². The van der Waals surface area contributed by atoms with Gasteiger partial charge in [0, 0.05) is 0 Å². The predicted octanol–water partition coefficient (Wildman–Crippen LogP) is 2.02. The van der Waals surface area contributed by atoms with Gasteiger partial charge in [-0.25, -0.2) is 9.59 Å². The van der Waals surface area contributed by atoms with Gasteiger partial charge in [0.2, 0.25) is 0 Å². The Bertz CT molecular complexity index is 431. The molecule has 17 heavy (non-hydrogen) atoms. The Labute approximate surface area is 98.7 Å². The van der Waals surface area contributed by atoms with Crippen LogP contribution >= 0.6 is 0 Å². The third-order valence-electron chi connectivity index (χ3n) is 1.85. The van der Waals surface area contributed by atoms with Crippen molar-refractivity contribution in [2.75, 3.05) is 11.9 Å². The summed E-state index contributed by atoms with van der Waals surface area (Å²) in [6.45, 7) is 3.70. The Balaban J connectivity index is 2.90. The van der Waals surface area contributed by atoms with E-state index in [4.69, 9.17) is 10.5 Å². The number of ether oxygens (including phenoxy) is 2. The molecule has 0 aliphatic heterocycles. The van der Waals surface area contributed by atoms with Gasteiger partial charge in [-0.15, -0.1) is 0 Å². The number of carbonyl (C=O) groups is 2. The fourth-order valence-corrected chi connectivity index (χ4v) is 1.19. The van der Waals surface area contributed by atoms with Crippen LogP contribution in [-0.2, 0) is 4.74 Å². The number of rotatable bonds is 3. The number of nitrogens with one attached hydrogen (secondary N) is 1. The number of amides is 2. The minimum Gasteiger partial charge on any atom is -0.434 e. The van der Waals surface area contributed by atoms with E-state index in [1.807, 2.05) is 6.92 Å². The minimum absolute atomic E-state index is 0.197. The van der Waals surface area contributed by atoms with Gasteiger partial charge in [-0.2, -0.15) is 0 Å². The molecule has 0 spiro atoms. The Kier molecular flexibility index (Phi) is 4.33. The van der Waals surface area contributed by atoms with E-state index in [9.17, 15) is 9.59 Å². The predicted molar refractivity (Wildman–Crippen MR) is 62.0 cm³/mol. The van der Waals surface area contributed by atoms with E-state index < -0.39 is 12.2 Å². The highest BCUT2D eigenvalue weighted by Gasteiger charge is 2.11. The van der Waals surface area contributed by atoms with Crippen LogP contribution < -0.4 is 15.8 Å². The summed E-state index contributed by atoms with van der Waals surface area (Å²) in [6, 6.07) is 4.21. The first-order valence-electron chi connectivity index (χ1n) is 5.04. The van der Waals surface area contributed by atoms with Gasteiger partial charge in [-0.05, 0) is 31.5 Å². The highest BCUT2D eigenvalue weighted by Crippen LogP contribution is 2.25. The van der Waals surface area contributed by atoms with Crippen LogP contribution in [0.2, 0.25) is 0 Å². The lowest BCUT2D eigenvalue weighted by molar-refractivity contribution is 0.104. The first-order chi connectivity index (χ1) is 8.02. The summed E-state index contributed by atoms with van der Waals surface area (Å²) < 4.78 is 9.58. The Hall–Kier alpha value is -2.24. The second-order valence-electron chi connectivity index (χ2n) is 3.27. The van der Waals surface area contributed by atoms with E-state index in [0.29, 0.717) is 5.69 Å². The fraction of sp³-hybridized carbons (Fsp3) is 0.273. The molecule has 2 amide bonds. The molecule has 0 heterocycles. The zero-order valence-corrected chi connectivity index (χ0v) is 9.65. The summed E-state index contributed by atoms with van der Waals surface area (Å²) in [7, 11) is 0. The zero-order valence-electron chi connectivity index (χ0n) is 9.65. The summed E-state index contributed by atoms with van der Waals surface area (Å²) in [6.07, 6.45) is -0.828. The molecular weight excluding hydrogens is 224 g/mol. The quantitative estimate of drug-likeness (QED) is 0.622. The van der Waals surface area contributed by atoms with Crippen LogP contribution in [0.25, 0.3) is 0 Å². The average Bonchev–Trinajstić information content (AvgIpc) is 2.22. The minimum atomic E-state index is -0.828. The zero-order chi connectivity index (χ0) is 12.8. The van der Waals surface area contributed by atoms with Crippen molar-refractivity contribution in [1.82, 2.24) is 0 Å². The number of aryl methyl sites for hydroxylation is 1. The molecule has 3 N–H and O–H groups in total. The molecule has 0 bridgehead atoms. The molecule has 0 atom stereocenters. The number of carbonyl (C=O) groups excluding carboxylic acids is 2. The molecule has 1 aromatic rings. The van der Waals surface area contributed by atoms with Gasteiger partial charge in [0.1, 0.15) is 0 Å². The number of hydrogen-bond donors (Lipinski definition) is 2. The van der Waals surface area contributed by atoms with Crippen molar-refractivity contribution in [3.8, 4) is 5.75 Å². The van der Waals surface area contributed by atoms with Crippen LogP contribution in [0.15, 0.2) is 18.2 Å². The maximum atomic E-state index is 11.2. The summed E-state index contributed by atoms with van der Waals surface area (Å²) in [5.74, 6) is 0.197. The normalized spacial score (nSPS) is 9.53. The maximum absolute atomic E-state index is 11.2. The van der Waals surface area contributed by atoms with E-state index in [1.165, 1.54) is 0 Å². The number of urea groups is 1. The molecule has 0 unspecified atom stereocenters. The smallest absolute Gasteiger partial charge is 0.434 e. The third kappa shape index (κ3) is 4.02. The molecule has 0 saturated heterocycles. The molecular formula is C11H14N2O4. The first kappa shape index (κ1) is 12.8. The van der Waals surface area contributed by atoms with E-state index in [0.717, 1.165) is 5.56 Å². The van der Waals surface area contributed by atoms with Gasteiger partial charge in [0.05, 0.1) is 12.3 Å². The van der Waals surface area contributed by atoms with Crippen LogP contribution in [0.1, 0.15) is 12.5 Å². The summed E-state index contributed by atoms with van der Waals surface area (Å²) in [5, 5.41) is 2.35. The number of benzene rings is 1. The van der Waals surface area contributed by atoms with Crippen LogP contribution in [0.3, 0.4) is 0 Å². The molecule has 92 valence electrons. The Morgan fingerprint density at radius 2 is 2.12 bits per heavy atom. The molecule has 0 fully saturated rings. The van der Waals surface area contributed by atoms with Gasteiger partial charge < -0.3 is 20.5 Å². The van der Waals surface area contributed by atoms with Crippen molar-refractivity contribution in [3.63, 3.8) is 0 Å². The average molecular weight is 238 g/mol. The molecule has 0 saturated carbocycles. The van der Waals surface area contributed by atoms with Gasteiger partial charge in [0.25, 0.3) is 0 Å². The monoisotopic (exact) mass is 238 g/mol. The highest BCUT2D eigenvalue weighted by molar-refractivity contribution is 5.90. The molecule has 6 nitrogen and oxygen atoms in total. The van der Waals surface area contributed by atoms with E-state index in [-0.39, 0.29) is 12.4 Å². The van der Waals surface area contributed by atoms with Crippen LogP contribution in [0.5, 0.6) is 5.75 Å². The van der Waals surface area contributed by atoms with Crippen molar-refractivity contribution in [3.05, 3.63) is 23.8 Å². The topological polar surface area (TPSA) is 90.7 Å². The summed E-state index contributed by atoms with van der Waals surface area (Å²) in [5.41, 5.74) is 6.19. The molecule has 1 aromatic carbocycles. The molecule has 6 heteroatoms. The van der Waals surface area contributed by atoms with Crippen LogP contribution in [0, 0.1) is 6.92 Å². The van der Waals surface area contributed by atoms with Crippen LogP contribution in [0.4, 0.5) is 15.3 Å². The largest absolute Gasteiger partial charge is 0.513 e. The van der Waals surface area contributed by atoms with Gasteiger partial charge in [0.15, 0.2) is 5.75 Å². The van der Waals surface area contributed by atoms with E-state index in [1.54, 1.807) is 25.1 Å². The lowest BCUT2D eigenvalue weighted by Gasteiger charge is -2.10. The molecule has 0 radical (unpaired) electrons. The number of primary amides is 1. The van der Waals surface area contributed by atoms with Crippen molar-refractivity contribution >= 4 is 17.9 Å². The summed E-state index contributed by atoms with van der Waals surface area (Å²) in [4.78, 5) is 21.9. The standard InChI is InChI=1S/C11H14N2O4/c1-3-16-11(15)17-9-6-7(2)4-5-8(9)13-10(12)14/h4-6H,3H2,1-2H3,(H3,12,13,14). The summed E-state index contributed by atoms with van der Waals surface area (Å²) >= 11 is 0. The lowest BCUT2D eigenvalue weighted by atomic mass is 10.2. The van der Waals surface area contributed by atoms with Crippen molar-refractivity contribution in [2.45, 2.75) is 13.8 Å². The lowest BCUT2D eigenvalue weighted by Crippen LogP contribution is -2.20. The fourth-order valence-electron chi connectivity index (χ4n) is 1.19. The van der Waals surface area contributed by atoms with Crippen molar-refractivity contribution < 1.29 is 19.1 Å². The SMILES string of the molecule is CCOC(=O)Oc1cc(C)ccc1NC(N)=O. The van der Waals surface area contributed by atoms with E-state index >= 15 is 0 Å². The molecule has 1 rings (SSSR count). The third-order valence-corrected chi connectivity index (χ3v) is 1.85. The Morgan fingerprint density at radius 1 is 1.41 bits per heavy atom. The number of hydrogen-bond acceptors (Lipinski definition) is 4. The highest BCUT2D eigenvalue weighted by atomic mass is 16.7.